The molecule has 60 valence electrons. The zero-order valence-corrected chi connectivity index (χ0v) is 6.92. The Bertz CT molecular complexity index is 115. The van der Waals surface area contributed by atoms with E-state index in [1.165, 1.54) is 0 Å². The molecule has 1 fully saturated rings. The Hall–Kier alpha value is -0.0800. The van der Waals surface area contributed by atoms with Crippen molar-refractivity contribution in [1.82, 2.24) is 0 Å². The number of rotatable bonds is 0. The Morgan fingerprint density at radius 1 is 1.40 bits per heavy atom. The average molecular weight is 144 g/mol. The SMILES string of the molecule is CC(C)(C)[C@H]1C[C@H](O)CO1. The van der Waals surface area contributed by atoms with Crippen LogP contribution in [0.15, 0.2) is 0 Å². The predicted octanol–water partition coefficient (Wildman–Crippen LogP) is 1.18. The second-order valence-corrected chi connectivity index (χ2v) is 4.08. The van der Waals surface area contributed by atoms with Gasteiger partial charge in [-0.25, -0.2) is 0 Å². The minimum absolute atomic E-state index is 0.178. The van der Waals surface area contributed by atoms with E-state index >= 15 is 0 Å². The quantitative estimate of drug-likeness (QED) is 0.553. The number of ether oxygens (including phenoxy) is 1. The van der Waals surface area contributed by atoms with Crippen LogP contribution < -0.4 is 0 Å². The number of aliphatic hydroxyl groups is 1. The summed E-state index contributed by atoms with van der Waals surface area (Å²) in [5.74, 6) is 0. The first-order chi connectivity index (χ1) is 4.50. The van der Waals surface area contributed by atoms with Crippen molar-refractivity contribution in [1.29, 1.82) is 0 Å². The van der Waals surface area contributed by atoms with Crippen molar-refractivity contribution < 1.29 is 9.84 Å². The third-order valence-electron chi connectivity index (χ3n) is 1.94. The van der Waals surface area contributed by atoms with Gasteiger partial charge in [-0.1, -0.05) is 20.8 Å². The van der Waals surface area contributed by atoms with Crippen molar-refractivity contribution in [3.05, 3.63) is 0 Å². The molecule has 1 rings (SSSR count). The molecular formula is C8H16O2. The van der Waals surface area contributed by atoms with Gasteiger partial charge in [0.15, 0.2) is 0 Å². The normalized spacial score (nSPS) is 34.8. The molecule has 1 heterocycles. The van der Waals surface area contributed by atoms with Crippen LogP contribution in [0.5, 0.6) is 0 Å². The van der Waals surface area contributed by atoms with Gasteiger partial charge < -0.3 is 9.84 Å². The van der Waals surface area contributed by atoms with E-state index in [0.29, 0.717) is 6.61 Å². The second-order valence-electron chi connectivity index (χ2n) is 4.08. The Balaban J connectivity index is 2.45. The molecule has 0 aliphatic carbocycles. The molecule has 1 aliphatic heterocycles. The molecule has 0 unspecified atom stereocenters. The standard InChI is InChI=1S/C8H16O2/c1-8(2,3)7-4-6(9)5-10-7/h6-7,9H,4-5H2,1-3H3/t6-,7+/m0/s1. The van der Waals surface area contributed by atoms with E-state index in [2.05, 4.69) is 20.8 Å². The molecule has 0 aromatic heterocycles. The summed E-state index contributed by atoms with van der Waals surface area (Å²) >= 11 is 0. The lowest BCUT2D eigenvalue weighted by molar-refractivity contribution is 0.0245. The summed E-state index contributed by atoms with van der Waals surface area (Å²) in [4.78, 5) is 0. The van der Waals surface area contributed by atoms with Crippen LogP contribution in [0.2, 0.25) is 0 Å². The zero-order chi connectivity index (χ0) is 7.78. The lowest BCUT2D eigenvalue weighted by Crippen LogP contribution is -2.25. The van der Waals surface area contributed by atoms with Crippen molar-refractivity contribution >= 4 is 0 Å². The molecule has 0 amide bonds. The Morgan fingerprint density at radius 2 is 2.00 bits per heavy atom. The highest BCUT2D eigenvalue weighted by atomic mass is 16.5. The summed E-state index contributed by atoms with van der Waals surface area (Å²) in [5, 5.41) is 9.14. The summed E-state index contributed by atoms with van der Waals surface area (Å²) in [5.41, 5.74) is 0.178. The summed E-state index contributed by atoms with van der Waals surface area (Å²) < 4.78 is 5.38. The molecule has 1 saturated heterocycles. The first-order valence-electron chi connectivity index (χ1n) is 3.80. The van der Waals surface area contributed by atoms with Crippen LogP contribution in [0.4, 0.5) is 0 Å². The smallest absolute Gasteiger partial charge is 0.0798 e. The molecule has 0 spiro atoms. The molecule has 0 saturated carbocycles. The molecule has 2 nitrogen and oxygen atoms in total. The van der Waals surface area contributed by atoms with Crippen molar-refractivity contribution in [2.75, 3.05) is 6.61 Å². The van der Waals surface area contributed by atoms with E-state index in [1.54, 1.807) is 0 Å². The van der Waals surface area contributed by atoms with Crippen molar-refractivity contribution in [2.24, 2.45) is 5.41 Å². The van der Waals surface area contributed by atoms with E-state index < -0.39 is 0 Å². The maximum Gasteiger partial charge on any atom is 0.0798 e. The Morgan fingerprint density at radius 3 is 2.20 bits per heavy atom. The fraction of sp³-hybridized carbons (Fsp3) is 1.00. The van der Waals surface area contributed by atoms with E-state index in [9.17, 15) is 0 Å². The fourth-order valence-electron chi connectivity index (χ4n) is 1.21. The predicted molar refractivity (Wildman–Crippen MR) is 39.8 cm³/mol. The van der Waals surface area contributed by atoms with Crippen LogP contribution in [0.3, 0.4) is 0 Å². The van der Waals surface area contributed by atoms with Gasteiger partial charge in [-0.05, 0) is 5.41 Å². The van der Waals surface area contributed by atoms with Gasteiger partial charge in [0.05, 0.1) is 18.8 Å². The number of hydrogen-bond acceptors (Lipinski definition) is 2. The molecular weight excluding hydrogens is 128 g/mol. The average Bonchev–Trinajstić information content (AvgIpc) is 2.11. The molecule has 0 radical (unpaired) electrons. The van der Waals surface area contributed by atoms with Gasteiger partial charge in [-0.2, -0.15) is 0 Å². The Labute approximate surface area is 62.2 Å². The molecule has 1 N–H and O–H groups in total. The van der Waals surface area contributed by atoms with Crippen LogP contribution in [0, 0.1) is 5.41 Å². The second kappa shape index (κ2) is 2.51. The largest absolute Gasteiger partial charge is 0.391 e. The van der Waals surface area contributed by atoms with Crippen LogP contribution in [0.1, 0.15) is 27.2 Å². The molecule has 0 aromatic carbocycles. The topological polar surface area (TPSA) is 29.5 Å². The van der Waals surface area contributed by atoms with Gasteiger partial charge in [0.2, 0.25) is 0 Å². The van der Waals surface area contributed by atoms with Gasteiger partial charge >= 0.3 is 0 Å². The van der Waals surface area contributed by atoms with Crippen molar-refractivity contribution in [3.8, 4) is 0 Å². The third-order valence-corrected chi connectivity index (χ3v) is 1.94. The lowest BCUT2D eigenvalue weighted by atomic mass is 9.87. The first kappa shape index (κ1) is 8.02. The van der Waals surface area contributed by atoms with Gasteiger partial charge in [0.25, 0.3) is 0 Å². The Kier molecular flexibility index (Phi) is 2.02. The van der Waals surface area contributed by atoms with Gasteiger partial charge in [-0.15, -0.1) is 0 Å². The molecule has 0 aromatic rings. The fourth-order valence-corrected chi connectivity index (χ4v) is 1.21. The molecule has 2 atom stereocenters. The molecule has 1 aliphatic rings. The van der Waals surface area contributed by atoms with Gasteiger partial charge in [0.1, 0.15) is 0 Å². The summed E-state index contributed by atoms with van der Waals surface area (Å²) in [7, 11) is 0. The molecule has 0 bridgehead atoms. The van der Waals surface area contributed by atoms with E-state index in [1.807, 2.05) is 0 Å². The van der Waals surface area contributed by atoms with Crippen molar-refractivity contribution in [2.45, 2.75) is 39.4 Å². The van der Waals surface area contributed by atoms with E-state index in [-0.39, 0.29) is 17.6 Å². The lowest BCUT2D eigenvalue weighted by Gasteiger charge is -2.25. The summed E-state index contributed by atoms with van der Waals surface area (Å²) in [6.07, 6.45) is 0.801. The summed E-state index contributed by atoms with van der Waals surface area (Å²) in [6, 6.07) is 0. The number of aliphatic hydroxyl groups excluding tert-OH is 1. The third kappa shape index (κ3) is 1.70. The van der Waals surface area contributed by atoms with Gasteiger partial charge in [0, 0.05) is 6.42 Å². The molecule has 2 heteroatoms. The monoisotopic (exact) mass is 144 g/mol. The highest BCUT2D eigenvalue weighted by Crippen LogP contribution is 2.29. The minimum atomic E-state index is -0.232. The van der Waals surface area contributed by atoms with E-state index in [4.69, 9.17) is 9.84 Å². The van der Waals surface area contributed by atoms with Gasteiger partial charge in [-0.3, -0.25) is 0 Å². The highest BCUT2D eigenvalue weighted by molar-refractivity contribution is 4.82. The van der Waals surface area contributed by atoms with Crippen LogP contribution in [-0.4, -0.2) is 23.9 Å². The van der Waals surface area contributed by atoms with Crippen LogP contribution in [0.25, 0.3) is 0 Å². The minimum Gasteiger partial charge on any atom is -0.391 e. The summed E-state index contributed by atoms with van der Waals surface area (Å²) in [6.45, 7) is 6.92. The van der Waals surface area contributed by atoms with Crippen molar-refractivity contribution in [3.63, 3.8) is 0 Å². The highest BCUT2D eigenvalue weighted by Gasteiger charge is 2.32. The maximum atomic E-state index is 9.14. The first-order valence-corrected chi connectivity index (χ1v) is 3.80. The molecule has 10 heavy (non-hydrogen) atoms. The zero-order valence-electron chi connectivity index (χ0n) is 6.92. The van der Waals surface area contributed by atoms with Crippen LogP contribution >= 0.6 is 0 Å². The maximum absolute atomic E-state index is 9.14. The number of hydrogen-bond donors (Lipinski definition) is 1. The van der Waals surface area contributed by atoms with Crippen LogP contribution in [-0.2, 0) is 4.74 Å². The van der Waals surface area contributed by atoms with E-state index in [0.717, 1.165) is 6.42 Å².